The van der Waals surface area contributed by atoms with Crippen LogP contribution in [0.4, 0.5) is 0 Å². The van der Waals surface area contributed by atoms with Gasteiger partial charge >= 0.3 is 5.97 Å². The smallest absolute Gasteiger partial charge is 0.352 e. The lowest BCUT2D eigenvalue weighted by molar-refractivity contribution is 0.0609. The van der Waals surface area contributed by atoms with Crippen LogP contribution in [0.1, 0.15) is 48.2 Å². The molecule has 0 spiro atoms. The number of nitrogens with zero attached hydrogens (tertiary/aromatic N) is 1. The Labute approximate surface area is 158 Å². The van der Waals surface area contributed by atoms with Crippen LogP contribution in [-0.2, 0) is 0 Å². The summed E-state index contributed by atoms with van der Waals surface area (Å²) in [5, 5.41) is 21.1. The average Bonchev–Trinajstić information content (AvgIpc) is 3.07. The molecule has 0 atom stereocenters. The molecule has 4 rings (SSSR count). The third-order valence-corrected chi connectivity index (χ3v) is 5.16. The van der Waals surface area contributed by atoms with Gasteiger partial charge in [-0.15, -0.1) is 0 Å². The summed E-state index contributed by atoms with van der Waals surface area (Å²) in [5.41, 5.74) is 1.67. The van der Waals surface area contributed by atoms with Crippen molar-refractivity contribution in [2.45, 2.75) is 37.7 Å². The fourth-order valence-corrected chi connectivity index (χ4v) is 3.74. The van der Waals surface area contributed by atoms with E-state index in [1.165, 1.54) is 0 Å². The molecule has 1 aliphatic rings. The van der Waals surface area contributed by atoms with Gasteiger partial charge in [0.25, 0.3) is 0 Å². The Morgan fingerprint density at radius 2 is 1.74 bits per heavy atom. The summed E-state index contributed by atoms with van der Waals surface area (Å²) >= 11 is 0. The number of hydrogen-bond acceptors (Lipinski definition) is 2. The molecular weight excluding hydrogens is 338 g/mol. The van der Waals surface area contributed by atoms with E-state index in [2.05, 4.69) is 11.8 Å². The van der Waals surface area contributed by atoms with E-state index in [1.54, 1.807) is 10.6 Å². The van der Waals surface area contributed by atoms with E-state index in [4.69, 9.17) is 0 Å². The van der Waals surface area contributed by atoms with Gasteiger partial charge in [-0.05, 0) is 56.0 Å². The van der Waals surface area contributed by atoms with Crippen LogP contribution in [0.2, 0.25) is 0 Å². The van der Waals surface area contributed by atoms with E-state index < -0.39 is 11.6 Å². The Bertz CT molecular complexity index is 1050. The number of carboxylic acids is 1. The minimum absolute atomic E-state index is 0.215. The molecule has 136 valence electrons. The highest BCUT2D eigenvalue weighted by Crippen LogP contribution is 2.28. The van der Waals surface area contributed by atoms with Crippen LogP contribution >= 0.6 is 0 Å². The topological polar surface area (TPSA) is 62.5 Å². The summed E-state index contributed by atoms with van der Waals surface area (Å²) < 4.78 is 1.73. The number of aromatic nitrogens is 1. The van der Waals surface area contributed by atoms with Crippen LogP contribution < -0.4 is 0 Å². The normalized spacial score (nSPS) is 15.9. The number of rotatable bonds is 2. The monoisotopic (exact) mass is 359 g/mol. The molecule has 27 heavy (non-hydrogen) atoms. The standard InChI is InChI=1S/C23H21NO3/c25-22(26)21-16-18-10-9-17(11-14-23(27)12-5-2-6-13-23)15-20(18)24(21)19-7-3-1-4-8-19/h1,3-4,7-10,15-16,27H,2,5-6,12-13H2,(H,25,26). The van der Waals surface area contributed by atoms with Gasteiger partial charge in [-0.3, -0.25) is 0 Å². The van der Waals surface area contributed by atoms with Crippen LogP contribution in [0.5, 0.6) is 0 Å². The molecule has 1 aliphatic carbocycles. The van der Waals surface area contributed by atoms with E-state index >= 15 is 0 Å². The van der Waals surface area contributed by atoms with Crippen LogP contribution in [0.25, 0.3) is 16.6 Å². The number of benzene rings is 2. The first-order chi connectivity index (χ1) is 13.1. The number of carboxylic acid groups (broad SMARTS) is 1. The van der Waals surface area contributed by atoms with Crippen LogP contribution in [-0.4, -0.2) is 26.4 Å². The van der Waals surface area contributed by atoms with E-state index in [-0.39, 0.29) is 5.69 Å². The van der Waals surface area contributed by atoms with Crippen LogP contribution in [0.3, 0.4) is 0 Å². The Kier molecular flexibility index (Phi) is 4.47. The van der Waals surface area contributed by atoms with E-state index in [1.807, 2.05) is 48.5 Å². The minimum Gasteiger partial charge on any atom is -0.477 e. The molecular formula is C23H21NO3. The lowest BCUT2D eigenvalue weighted by Gasteiger charge is -2.26. The zero-order chi connectivity index (χ0) is 18.9. The van der Waals surface area contributed by atoms with Crippen molar-refractivity contribution in [3.63, 3.8) is 0 Å². The van der Waals surface area contributed by atoms with Crippen molar-refractivity contribution in [1.82, 2.24) is 4.57 Å². The Balaban J connectivity index is 1.81. The first-order valence-corrected chi connectivity index (χ1v) is 9.26. The number of carbonyl (C=O) groups is 1. The second-order valence-corrected chi connectivity index (χ2v) is 7.12. The molecule has 0 amide bonds. The van der Waals surface area contributed by atoms with Gasteiger partial charge in [0, 0.05) is 16.6 Å². The molecule has 0 radical (unpaired) electrons. The van der Waals surface area contributed by atoms with Gasteiger partial charge < -0.3 is 14.8 Å². The van der Waals surface area contributed by atoms with Crippen LogP contribution in [0.15, 0.2) is 54.6 Å². The molecule has 0 saturated heterocycles. The van der Waals surface area contributed by atoms with Gasteiger partial charge in [-0.2, -0.15) is 0 Å². The molecule has 2 aromatic carbocycles. The lowest BCUT2D eigenvalue weighted by atomic mass is 9.85. The molecule has 2 N–H and O–H groups in total. The highest BCUT2D eigenvalue weighted by Gasteiger charge is 2.26. The SMILES string of the molecule is O=C(O)c1cc2ccc(C#CC3(O)CCCCC3)cc2n1-c1ccccc1. The summed E-state index contributed by atoms with van der Waals surface area (Å²) in [6.07, 6.45) is 4.59. The third kappa shape index (κ3) is 3.47. The molecule has 3 aromatic rings. The van der Waals surface area contributed by atoms with Gasteiger partial charge in [0.05, 0.1) is 5.52 Å². The van der Waals surface area contributed by atoms with Crippen molar-refractivity contribution in [3.8, 4) is 17.5 Å². The number of aliphatic hydroxyl groups is 1. The second-order valence-electron chi connectivity index (χ2n) is 7.12. The van der Waals surface area contributed by atoms with Gasteiger partial charge in [0.2, 0.25) is 0 Å². The van der Waals surface area contributed by atoms with Crippen molar-refractivity contribution in [3.05, 3.63) is 65.9 Å². The number of para-hydroxylation sites is 1. The van der Waals surface area contributed by atoms with Gasteiger partial charge in [-0.1, -0.05) is 42.5 Å². The lowest BCUT2D eigenvalue weighted by Crippen LogP contribution is -2.29. The predicted molar refractivity (Wildman–Crippen MR) is 105 cm³/mol. The Morgan fingerprint density at radius 3 is 2.44 bits per heavy atom. The van der Waals surface area contributed by atoms with E-state index in [9.17, 15) is 15.0 Å². The van der Waals surface area contributed by atoms with Gasteiger partial charge in [0.1, 0.15) is 11.3 Å². The Hall–Kier alpha value is -3.03. The summed E-state index contributed by atoms with van der Waals surface area (Å²) in [6.45, 7) is 0. The zero-order valence-corrected chi connectivity index (χ0v) is 15.0. The van der Waals surface area contributed by atoms with Crippen molar-refractivity contribution >= 4 is 16.9 Å². The molecule has 4 heteroatoms. The molecule has 1 heterocycles. The second kappa shape index (κ2) is 6.94. The fraction of sp³-hybridized carbons (Fsp3) is 0.261. The molecule has 0 aliphatic heterocycles. The molecule has 4 nitrogen and oxygen atoms in total. The first-order valence-electron chi connectivity index (χ1n) is 9.26. The number of fused-ring (bicyclic) bond motifs is 1. The third-order valence-electron chi connectivity index (χ3n) is 5.16. The summed E-state index contributed by atoms with van der Waals surface area (Å²) in [5.74, 6) is 5.18. The van der Waals surface area contributed by atoms with Crippen molar-refractivity contribution in [2.24, 2.45) is 0 Å². The zero-order valence-electron chi connectivity index (χ0n) is 15.0. The van der Waals surface area contributed by atoms with Crippen LogP contribution in [0, 0.1) is 11.8 Å². The van der Waals surface area contributed by atoms with Crippen molar-refractivity contribution in [2.75, 3.05) is 0 Å². The summed E-state index contributed by atoms with van der Waals surface area (Å²) in [7, 11) is 0. The Morgan fingerprint density at radius 1 is 1.00 bits per heavy atom. The number of hydrogen-bond donors (Lipinski definition) is 2. The van der Waals surface area contributed by atoms with Crippen molar-refractivity contribution in [1.29, 1.82) is 0 Å². The van der Waals surface area contributed by atoms with Crippen molar-refractivity contribution < 1.29 is 15.0 Å². The first kappa shape index (κ1) is 17.4. The maximum atomic E-state index is 11.7. The molecule has 0 unspecified atom stereocenters. The van der Waals surface area contributed by atoms with Gasteiger partial charge in [-0.25, -0.2) is 4.79 Å². The predicted octanol–water partition coefficient (Wildman–Crippen LogP) is 4.38. The maximum absolute atomic E-state index is 11.7. The molecule has 0 bridgehead atoms. The number of aromatic carboxylic acids is 1. The van der Waals surface area contributed by atoms with Gasteiger partial charge in [0.15, 0.2) is 0 Å². The summed E-state index contributed by atoms with van der Waals surface area (Å²) in [6, 6.07) is 16.8. The highest BCUT2D eigenvalue weighted by atomic mass is 16.4. The molecule has 1 saturated carbocycles. The minimum atomic E-state index is -0.973. The summed E-state index contributed by atoms with van der Waals surface area (Å²) in [4.78, 5) is 11.7. The molecule has 1 aromatic heterocycles. The average molecular weight is 359 g/mol. The largest absolute Gasteiger partial charge is 0.477 e. The fourth-order valence-electron chi connectivity index (χ4n) is 3.74. The van der Waals surface area contributed by atoms with E-state index in [0.717, 1.165) is 41.4 Å². The maximum Gasteiger partial charge on any atom is 0.352 e. The molecule has 1 fully saturated rings. The quantitative estimate of drug-likeness (QED) is 0.668. The van der Waals surface area contributed by atoms with E-state index in [0.29, 0.717) is 12.8 Å². The highest BCUT2D eigenvalue weighted by molar-refractivity contribution is 5.96.